The van der Waals surface area contributed by atoms with E-state index in [1.807, 2.05) is 4.68 Å². The molecule has 1 fully saturated rings. The van der Waals surface area contributed by atoms with Gasteiger partial charge >= 0.3 is 0 Å². The standard InChI is InChI=1S/C15H15N7O3/c23-15(20-5-3-10(4-6-20)21-9-16-8-17-21)14-12-7-11(22(24)25)1-2-13(12)18-19-14/h1-2,7-10H,3-6H2,(H,18,19). The Hall–Kier alpha value is -3.30. The Morgan fingerprint density at radius 2 is 2.12 bits per heavy atom. The SMILES string of the molecule is O=C(c1n[nH]c2ccc([N+](=O)[O-])cc12)N1CCC(n2cncn2)CC1. The first-order valence-corrected chi connectivity index (χ1v) is 7.89. The average molecular weight is 341 g/mol. The van der Waals surface area contributed by atoms with E-state index in [1.54, 1.807) is 17.3 Å². The lowest BCUT2D eigenvalue weighted by Gasteiger charge is -2.31. The van der Waals surface area contributed by atoms with Crippen LogP contribution in [0.4, 0.5) is 5.69 Å². The fraction of sp³-hybridized carbons (Fsp3) is 0.333. The lowest BCUT2D eigenvalue weighted by atomic mass is 10.0. The third kappa shape index (κ3) is 2.71. The molecule has 128 valence electrons. The molecule has 4 rings (SSSR count). The van der Waals surface area contributed by atoms with E-state index in [1.165, 1.54) is 18.5 Å². The van der Waals surface area contributed by atoms with Crippen LogP contribution in [0, 0.1) is 10.1 Å². The van der Waals surface area contributed by atoms with Crippen LogP contribution >= 0.6 is 0 Å². The molecule has 0 atom stereocenters. The second-order valence-corrected chi connectivity index (χ2v) is 5.96. The number of nitrogens with zero attached hydrogens (tertiary/aromatic N) is 6. The fourth-order valence-electron chi connectivity index (χ4n) is 3.17. The highest BCUT2D eigenvalue weighted by Crippen LogP contribution is 2.26. The molecule has 2 aromatic heterocycles. The van der Waals surface area contributed by atoms with Crippen LogP contribution in [0.25, 0.3) is 10.9 Å². The number of nitrogens with one attached hydrogen (secondary N) is 1. The van der Waals surface area contributed by atoms with Crippen LogP contribution in [0.5, 0.6) is 0 Å². The largest absolute Gasteiger partial charge is 0.337 e. The third-order valence-corrected chi connectivity index (χ3v) is 4.52. The number of amides is 1. The molecule has 25 heavy (non-hydrogen) atoms. The smallest absolute Gasteiger partial charge is 0.274 e. The van der Waals surface area contributed by atoms with E-state index in [0.717, 1.165) is 12.8 Å². The van der Waals surface area contributed by atoms with Gasteiger partial charge in [-0.15, -0.1) is 0 Å². The minimum absolute atomic E-state index is 0.0622. The van der Waals surface area contributed by atoms with Gasteiger partial charge in [0, 0.05) is 30.6 Å². The van der Waals surface area contributed by atoms with Crippen molar-refractivity contribution in [2.75, 3.05) is 13.1 Å². The van der Waals surface area contributed by atoms with Crippen molar-refractivity contribution in [1.29, 1.82) is 0 Å². The fourth-order valence-corrected chi connectivity index (χ4v) is 3.17. The number of H-pyrrole nitrogens is 1. The van der Waals surface area contributed by atoms with Crippen molar-refractivity contribution in [3.63, 3.8) is 0 Å². The van der Waals surface area contributed by atoms with Crippen molar-refractivity contribution < 1.29 is 9.72 Å². The monoisotopic (exact) mass is 341 g/mol. The maximum absolute atomic E-state index is 12.8. The maximum atomic E-state index is 12.8. The van der Waals surface area contributed by atoms with Crippen LogP contribution < -0.4 is 0 Å². The lowest BCUT2D eigenvalue weighted by molar-refractivity contribution is -0.384. The van der Waals surface area contributed by atoms with Gasteiger partial charge in [0.15, 0.2) is 5.69 Å². The van der Waals surface area contributed by atoms with Gasteiger partial charge in [-0.25, -0.2) is 9.67 Å². The molecule has 10 heteroatoms. The molecule has 1 N–H and O–H groups in total. The summed E-state index contributed by atoms with van der Waals surface area (Å²) in [7, 11) is 0. The Morgan fingerprint density at radius 3 is 2.80 bits per heavy atom. The Morgan fingerprint density at radius 1 is 1.32 bits per heavy atom. The van der Waals surface area contributed by atoms with Gasteiger partial charge in [0.1, 0.15) is 12.7 Å². The minimum atomic E-state index is -0.482. The van der Waals surface area contributed by atoms with E-state index in [2.05, 4.69) is 20.3 Å². The summed E-state index contributed by atoms with van der Waals surface area (Å²) in [6.07, 6.45) is 4.73. The van der Waals surface area contributed by atoms with Gasteiger partial charge in [-0.3, -0.25) is 20.0 Å². The highest BCUT2D eigenvalue weighted by atomic mass is 16.6. The quantitative estimate of drug-likeness (QED) is 0.569. The summed E-state index contributed by atoms with van der Waals surface area (Å²) in [4.78, 5) is 28.9. The van der Waals surface area contributed by atoms with Crippen molar-refractivity contribution in [2.45, 2.75) is 18.9 Å². The zero-order valence-electron chi connectivity index (χ0n) is 13.2. The lowest BCUT2D eigenvalue weighted by Crippen LogP contribution is -2.39. The Labute approximate surface area is 141 Å². The molecule has 1 saturated heterocycles. The van der Waals surface area contributed by atoms with Crippen molar-refractivity contribution in [3.8, 4) is 0 Å². The van der Waals surface area contributed by atoms with Crippen molar-refractivity contribution in [2.24, 2.45) is 0 Å². The number of aromatic amines is 1. The number of carbonyl (C=O) groups excluding carboxylic acids is 1. The molecule has 0 spiro atoms. The zero-order chi connectivity index (χ0) is 17.4. The summed E-state index contributed by atoms with van der Waals surface area (Å²) >= 11 is 0. The molecular weight excluding hydrogens is 326 g/mol. The summed E-state index contributed by atoms with van der Waals surface area (Å²) in [6, 6.07) is 4.56. The molecule has 0 radical (unpaired) electrons. The average Bonchev–Trinajstić information content (AvgIpc) is 3.30. The molecule has 0 bridgehead atoms. The molecule has 1 aliphatic rings. The van der Waals surface area contributed by atoms with Gasteiger partial charge in [0.25, 0.3) is 11.6 Å². The van der Waals surface area contributed by atoms with Crippen LogP contribution in [0.2, 0.25) is 0 Å². The van der Waals surface area contributed by atoms with Crippen LogP contribution in [-0.2, 0) is 0 Å². The Balaban J connectivity index is 1.54. The molecular formula is C15H15N7O3. The number of likely N-dealkylation sites (tertiary alicyclic amines) is 1. The highest BCUT2D eigenvalue weighted by molar-refractivity contribution is 6.05. The van der Waals surface area contributed by atoms with Crippen molar-refractivity contribution in [3.05, 3.63) is 46.7 Å². The molecule has 10 nitrogen and oxygen atoms in total. The van der Waals surface area contributed by atoms with E-state index in [0.29, 0.717) is 24.0 Å². The maximum Gasteiger partial charge on any atom is 0.274 e. The first-order valence-electron chi connectivity index (χ1n) is 7.89. The molecule has 3 heterocycles. The normalized spacial score (nSPS) is 15.6. The molecule has 0 saturated carbocycles. The van der Waals surface area contributed by atoms with E-state index in [-0.39, 0.29) is 23.3 Å². The number of nitro benzene ring substituents is 1. The molecule has 1 amide bonds. The summed E-state index contributed by atoms with van der Waals surface area (Å²) in [5, 5.41) is 22.4. The first kappa shape index (κ1) is 15.2. The van der Waals surface area contributed by atoms with Gasteiger partial charge in [0.05, 0.1) is 16.5 Å². The number of nitro groups is 1. The van der Waals surface area contributed by atoms with E-state index < -0.39 is 4.92 Å². The van der Waals surface area contributed by atoms with E-state index >= 15 is 0 Å². The van der Waals surface area contributed by atoms with Crippen molar-refractivity contribution >= 4 is 22.5 Å². The highest BCUT2D eigenvalue weighted by Gasteiger charge is 2.27. The van der Waals surface area contributed by atoms with Crippen LogP contribution in [-0.4, -0.2) is 53.8 Å². The van der Waals surface area contributed by atoms with Gasteiger partial charge in [-0.2, -0.15) is 10.2 Å². The number of piperidine rings is 1. The van der Waals surface area contributed by atoms with Crippen LogP contribution in [0.3, 0.4) is 0 Å². The van der Waals surface area contributed by atoms with Crippen LogP contribution in [0.15, 0.2) is 30.9 Å². The molecule has 1 aromatic carbocycles. The number of aromatic nitrogens is 5. The topological polar surface area (TPSA) is 123 Å². The molecule has 0 unspecified atom stereocenters. The Kier molecular flexibility index (Phi) is 3.64. The molecule has 1 aliphatic heterocycles. The third-order valence-electron chi connectivity index (χ3n) is 4.52. The predicted molar refractivity (Wildman–Crippen MR) is 86.9 cm³/mol. The summed E-state index contributed by atoms with van der Waals surface area (Å²) in [6.45, 7) is 1.15. The minimum Gasteiger partial charge on any atom is -0.337 e. The van der Waals surface area contributed by atoms with Gasteiger partial charge in [0.2, 0.25) is 0 Å². The molecule has 3 aromatic rings. The second kappa shape index (κ2) is 5.96. The van der Waals surface area contributed by atoms with Gasteiger partial charge in [-0.1, -0.05) is 0 Å². The van der Waals surface area contributed by atoms with E-state index in [4.69, 9.17) is 0 Å². The zero-order valence-corrected chi connectivity index (χ0v) is 13.2. The Bertz CT molecular complexity index is 926. The number of non-ortho nitro benzene ring substituents is 1. The first-order chi connectivity index (χ1) is 12.1. The number of benzene rings is 1. The number of hydrogen-bond acceptors (Lipinski definition) is 6. The van der Waals surface area contributed by atoms with E-state index in [9.17, 15) is 14.9 Å². The number of fused-ring (bicyclic) bond motifs is 1. The number of hydrogen-bond donors (Lipinski definition) is 1. The predicted octanol–water partition coefficient (Wildman–Crippen LogP) is 1.54. The van der Waals surface area contributed by atoms with Gasteiger partial charge < -0.3 is 4.90 Å². The number of rotatable bonds is 3. The summed E-state index contributed by atoms with van der Waals surface area (Å²) in [5.41, 5.74) is 0.761. The number of carbonyl (C=O) groups is 1. The summed E-state index contributed by atoms with van der Waals surface area (Å²) < 4.78 is 1.81. The van der Waals surface area contributed by atoms with Crippen LogP contribution in [0.1, 0.15) is 29.4 Å². The molecule has 0 aliphatic carbocycles. The van der Waals surface area contributed by atoms with Crippen molar-refractivity contribution in [1.82, 2.24) is 29.9 Å². The second-order valence-electron chi connectivity index (χ2n) is 5.96. The summed E-state index contributed by atoms with van der Waals surface area (Å²) in [5.74, 6) is -0.219. The van der Waals surface area contributed by atoms with Gasteiger partial charge in [-0.05, 0) is 18.9 Å².